The van der Waals surface area contributed by atoms with Crippen molar-refractivity contribution in [2.45, 2.75) is 33.4 Å². The van der Waals surface area contributed by atoms with Crippen molar-refractivity contribution >= 4 is 11.8 Å². The standard InChI is InChI=1S/C24H31N3O2/c1-18(2)22(25-23(28)21-11-7-8-19(3)16-21)24(29)27-14-12-26(13-15-27)17-20-9-5-4-6-10-20/h4-11,16,18,22H,12-15,17H2,1-3H3,(H,25,28). The zero-order chi connectivity index (χ0) is 20.8. The molecule has 1 fully saturated rings. The Morgan fingerprint density at radius 1 is 0.966 bits per heavy atom. The van der Waals surface area contributed by atoms with E-state index in [9.17, 15) is 9.59 Å². The topological polar surface area (TPSA) is 52.7 Å². The predicted molar refractivity (Wildman–Crippen MR) is 116 cm³/mol. The third kappa shape index (κ3) is 5.67. The molecule has 154 valence electrons. The summed E-state index contributed by atoms with van der Waals surface area (Å²) in [6.45, 7) is 9.88. The van der Waals surface area contributed by atoms with E-state index >= 15 is 0 Å². The number of carbonyl (C=O) groups excluding carboxylic acids is 2. The minimum absolute atomic E-state index is 0.0142. The van der Waals surface area contributed by atoms with Crippen LogP contribution in [0.15, 0.2) is 54.6 Å². The minimum Gasteiger partial charge on any atom is -0.340 e. The summed E-state index contributed by atoms with van der Waals surface area (Å²) >= 11 is 0. The van der Waals surface area contributed by atoms with Gasteiger partial charge in [0.15, 0.2) is 0 Å². The molecule has 29 heavy (non-hydrogen) atoms. The van der Waals surface area contributed by atoms with Gasteiger partial charge in [-0.15, -0.1) is 0 Å². The summed E-state index contributed by atoms with van der Waals surface area (Å²) in [6, 6.07) is 17.3. The average Bonchev–Trinajstić information content (AvgIpc) is 2.72. The van der Waals surface area contributed by atoms with Crippen LogP contribution in [0.3, 0.4) is 0 Å². The average molecular weight is 394 g/mol. The first kappa shape index (κ1) is 21.1. The molecule has 0 saturated carbocycles. The summed E-state index contributed by atoms with van der Waals surface area (Å²) in [5, 5.41) is 2.96. The van der Waals surface area contributed by atoms with E-state index in [1.54, 1.807) is 6.07 Å². The van der Waals surface area contributed by atoms with Crippen molar-refractivity contribution in [3.63, 3.8) is 0 Å². The van der Waals surface area contributed by atoms with Crippen LogP contribution in [-0.4, -0.2) is 53.8 Å². The quantitative estimate of drug-likeness (QED) is 0.821. The van der Waals surface area contributed by atoms with Gasteiger partial charge in [-0.3, -0.25) is 14.5 Å². The second kappa shape index (κ2) is 9.70. The fraction of sp³-hybridized carbons (Fsp3) is 0.417. The third-order valence-corrected chi connectivity index (χ3v) is 5.43. The van der Waals surface area contributed by atoms with Crippen LogP contribution in [0.5, 0.6) is 0 Å². The first-order chi connectivity index (χ1) is 13.9. The molecule has 5 nitrogen and oxygen atoms in total. The lowest BCUT2D eigenvalue weighted by atomic mass is 10.0. The molecule has 1 unspecified atom stereocenters. The van der Waals surface area contributed by atoms with Crippen molar-refractivity contribution in [3.05, 3.63) is 71.3 Å². The van der Waals surface area contributed by atoms with Crippen molar-refractivity contribution in [2.24, 2.45) is 5.92 Å². The SMILES string of the molecule is Cc1cccc(C(=O)NC(C(=O)N2CCN(Cc3ccccc3)CC2)C(C)C)c1. The maximum absolute atomic E-state index is 13.1. The van der Waals surface area contributed by atoms with Crippen molar-refractivity contribution in [1.29, 1.82) is 0 Å². The summed E-state index contributed by atoms with van der Waals surface area (Å²) in [5.41, 5.74) is 2.91. The van der Waals surface area contributed by atoms with Crippen LogP contribution >= 0.6 is 0 Å². The van der Waals surface area contributed by atoms with Crippen molar-refractivity contribution in [2.75, 3.05) is 26.2 Å². The molecule has 2 amide bonds. The van der Waals surface area contributed by atoms with Gasteiger partial charge in [0, 0.05) is 38.3 Å². The molecule has 0 aliphatic carbocycles. The Kier molecular flexibility index (Phi) is 7.04. The Balaban J connectivity index is 1.57. The number of benzene rings is 2. The number of carbonyl (C=O) groups is 2. The van der Waals surface area contributed by atoms with Crippen molar-refractivity contribution in [3.8, 4) is 0 Å². The number of nitrogens with one attached hydrogen (secondary N) is 1. The van der Waals surface area contributed by atoms with E-state index in [2.05, 4.69) is 34.5 Å². The highest BCUT2D eigenvalue weighted by Gasteiger charge is 2.30. The highest BCUT2D eigenvalue weighted by molar-refractivity contribution is 5.97. The largest absolute Gasteiger partial charge is 0.340 e. The van der Waals surface area contributed by atoms with Crippen LogP contribution < -0.4 is 5.32 Å². The first-order valence-corrected chi connectivity index (χ1v) is 10.4. The molecule has 0 aromatic heterocycles. The smallest absolute Gasteiger partial charge is 0.251 e. The molecule has 1 heterocycles. The second-order valence-corrected chi connectivity index (χ2v) is 8.15. The van der Waals surface area contributed by atoms with Crippen molar-refractivity contribution < 1.29 is 9.59 Å². The van der Waals surface area contributed by atoms with Crippen LogP contribution in [0.4, 0.5) is 0 Å². The molecule has 0 radical (unpaired) electrons. The van der Waals surface area contributed by atoms with Gasteiger partial charge in [-0.05, 0) is 30.5 Å². The first-order valence-electron chi connectivity index (χ1n) is 10.4. The van der Waals surface area contributed by atoms with E-state index in [1.165, 1.54) is 5.56 Å². The number of aryl methyl sites for hydroxylation is 1. The van der Waals surface area contributed by atoms with Crippen LogP contribution in [0.1, 0.15) is 35.3 Å². The summed E-state index contributed by atoms with van der Waals surface area (Å²) in [4.78, 5) is 30.1. The molecule has 3 rings (SSSR count). The molecule has 2 aromatic rings. The van der Waals surface area contributed by atoms with E-state index < -0.39 is 6.04 Å². The number of hydrogen-bond acceptors (Lipinski definition) is 3. The predicted octanol–water partition coefficient (Wildman–Crippen LogP) is 3.09. The van der Waals surface area contributed by atoms with E-state index in [0.717, 1.165) is 25.2 Å². The molecule has 1 aliphatic rings. The molecule has 1 atom stereocenters. The highest BCUT2D eigenvalue weighted by atomic mass is 16.2. The molecule has 0 spiro atoms. The highest BCUT2D eigenvalue weighted by Crippen LogP contribution is 2.13. The van der Waals surface area contributed by atoms with Gasteiger partial charge >= 0.3 is 0 Å². The third-order valence-electron chi connectivity index (χ3n) is 5.43. The van der Waals surface area contributed by atoms with Crippen LogP contribution in [0.2, 0.25) is 0 Å². The Morgan fingerprint density at radius 3 is 2.28 bits per heavy atom. The van der Waals surface area contributed by atoms with Gasteiger partial charge in [-0.25, -0.2) is 0 Å². The monoisotopic (exact) mass is 393 g/mol. The zero-order valence-electron chi connectivity index (χ0n) is 17.6. The van der Waals surface area contributed by atoms with Gasteiger partial charge in [0.25, 0.3) is 5.91 Å². The lowest BCUT2D eigenvalue weighted by Gasteiger charge is -2.37. The Bertz CT molecular complexity index is 827. The van der Waals surface area contributed by atoms with Gasteiger partial charge in [0.2, 0.25) is 5.91 Å². The van der Waals surface area contributed by atoms with Crippen molar-refractivity contribution in [1.82, 2.24) is 15.1 Å². The lowest BCUT2D eigenvalue weighted by molar-refractivity contribution is -0.136. The molecule has 5 heteroatoms. The normalized spacial score (nSPS) is 15.9. The lowest BCUT2D eigenvalue weighted by Crippen LogP contribution is -2.56. The maximum Gasteiger partial charge on any atom is 0.251 e. The number of rotatable bonds is 6. The fourth-order valence-electron chi connectivity index (χ4n) is 3.69. The summed E-state index contributed by atoms with van der Waals surface area (Å²) in [7, 11) is 0. The zero-order valence-corrected chi connectivity index (χ0v) is 17.6. The van der Waals surface area contributed by atoms with E-state index in [4.69, 9.17) is 0 Å². The van der Waals surface area contributed by atoms with Gasteiger partial charge in [0.05, 0.1) is 0 Å². The van der Waals surface area contributed by atoms with Crippen LogP contribution in [0.25, 0.3) is 0 Å². The fourth-order valence-corrected chi connectivity index (χ4v) is 3.69. The van der Waals surface area contributed by atoms with E-state index in [1.807, 2.05) is 49.9 Å². The molecular weight excluding hydrogens is 362 g/mol. The molecule has 2 aromatic carbocycles. The van der Waals surface area contributed by atoms with Gasteiger partial charge in [-0.2, -0.15) is 0 Å². The van der Waals surface area contributed by atoms with E-state index in [-0.39, 0.29) is 17.7 Å². The molecule has 0 bridgehead atoms. The second-order valence-electron chi connectivity index (χ2n) is 8.15. The summed E-state index contributed by atoms with van der Waals surface area (Å²) < 4.78 is 0. The van der Waals surface area contributed by atoms with Gasteiger partial charge in [-0.1, -0.05) is 61.9 Å². The number of amides is 2. The maximum atomic E-state index is 13.1. The Labute approximate surface area is 173 Å². The van der Waals surface area contributed by atoms with Crippen LogP contribution in [0, 0.1) is 12.8 Å². The Morgan fingerprint density at radius 2 is 1.66 bits per heavy atom. The summed E-state index contributed by atoms with van der Waals surface area (Å²) in [5.74, 6) is -0.151. The molecule has 1 N–H and O–H groups in total. The molecule has 1 aliphatic heterocycles. The number of piperazine rings is 1. The van der Waals surface area contributed by atoms with E-state index in [0.29, 0.717) is 18.7 Å². The molecular formula is C24H31N3O2. The summed E-state index contributed by atoms with van der Waals surface area (Å²) in [6.07, 6.45) is 0. The number of nitrogens with zero attached hydrogens (tertiary/aromatic N) is 2. The van der Waals surface area contributed by atoms with Gasteiger partial charge < -0.3 is 10.2 Å². The van der Waals surface area contributed by atoms with Gasteiger partial charge in [0.1, 0.15) is 6.04 Å². The molecule has 1 saturated heterocycles. The van der Waals surface area contributed by atoms with Crippen LogP contribution in [-0.2, 0) is 11.3 Å². The number of hydrogen-bond donors (Lipinski definition) is 1. The minimum atomic E-state index is -0.510. The Hall–Kier alpha value is -2.66.